The van der Waals surface area contributed by atoms with Crippen LogP contribution in [0.2, 0.25) is 0 Å². The molecule has 2 aliphatic rings. The standard InChI is InChI=1S/C39H46F3N7O5/c1-38(2,34-14-16-49(46-34)28-11-8-15-43-21-28)48-18-17-47(31(23-48)37(53)44-25-39(40,41)42)22-29(50)20-27(19-26-9-4-3-5-10-26)36(52)45-35-30-12-6-7-13-33(30)54-24-32(35)51/h3-16,21,27,29,31-32,35,50-51H,17-20,22-25H2,1-2H3,(H,44,53)(H,45,52)/t27?,29-,31-,32+,35-/m0/s1. The number of β-amino-alcohol motifs (C(OH)–C–C–N with tert-alkyl or cyclic N) is 1. The fourth-order valence-corrected chi connectivity index (χ4v) is 7.19. The van der Waals surface area contributed by atoms with Crippen LogP contribution in [0.5, 0.6) is 5.75 Å². The Balaban J connectivity index is 1.18. The molecule has 1 unspecified atom stereocenters. The highest BCUT2D eigenvalue weighted by molar-refractivity contribution is 5.82. The van der Waals surface area contributed by atoms with E-state index in [9.17, 15) is 33.0 Å². The van der Waals surface area contributed by atoms with E-state index < -0.39 is 54.4 Å². The van der Waals surface area contributed by atoms with Crippen molar-refractivity contribution < 1.29 is 37.7 Å². The third-order valence-electron chi connectivity index (χ3n) is 10.2. The summed E-state index contributed by atoms with van der Waals surface area (Å²) in [5.41, 5.74) is 2.24. The van der Waals surface area contributed by atoms with Gasteiger partial charge < -0.3 is 25.6 Å². The third-order valence-corrected chi connectivity index (χ3v) is 10.2. The first-order chi connectivity index (χ1) is 25.8. The Morgan fingerprint density at radius 3 is 2.52 bits per heavy atom. The van der Waals surface area contributed by atoms with Crippen molar-refractivity contribution in [3.05, 3.63) is 108 Å². The monoisotopic (exact) mass is 749 g/mol. The number of carbonyl (C=O) groups excluding carboxylic acids is 2. The molecule has 12 nitrogen and oxygen atoms in total. The highest BCUT2D eigenvalue weighted by Crippen LogP contribution is 2.33. The van der Waals surface area contributed by atoms with Crippen LogP contribution in [0.4, 0.5) is 13.2 Å². The van der Waals surface area contributed by atoms with E-state index >= 15 is 0 Å². The lowest BCUT2D eigenvalue weighted by Gasteiger charge is -2.47. The van der Waals surface area contributed by atoms with Crippen molar-refractivity contribution in [2.75, 3.05) is 39.3 Å². The van der Waals surface area contributed by atoms with Gasteiger partial charge in [0.25, 0.3) is 0 Å². The number of benzene rings is 2. The first-order valence-corrected chi connectivity index (χ1v) is 18.0. The molecule has 0 spiro atoms. The Labute approximate surface area is 311 Å². The number of para-hydroxylation sites is 1. The molecule has 4 N–H and O–H groups in total. The number of pyridine rings is 1. The summed E-state index contributed by atoms with van der Waals surface area (Å²) in [6.45, 7) is 3.09. The number of amides is 2. The van der Waals surface area contributed by atoms with Gasteiger partial charge in [0.05, 0.1) is 35.3 Å². The molecule has 4 heterocycles. The number of aromatic nitrogens is 3. The molecule has 1 fully saturated rings. The van der Waals surface area contributed by atoms with Crippen molar-refractivity contribution in [2.45, 2.75) is 62.7 Å². The predicted octanol–water partition coefficient (Wildman–Crippen LogP) is 3.39. The lowest BCUT2D eigenvalue weighted by molar-refractivity contribution is -0.144. The van der Waals surface area contributed by atoms with Crippen molar-refractivity contribution >= 4 is 11.8 Å². The van der Waals surface area contributed by atoms with E-state index in [1.807, 2.05) is 66.5 Å². The van der Waals surface area contributed by atoms with Crippen molar-refractivity contribution in [3.8, 4) is 11.4 Å². The summed E-state index contributed by atoms with van der Waals surface area (Å²) in [5, 5.41) is 32.1. The van der Waals surface area contributed by atoms with Crippen LogP contribution in [-0.2, 0) is 21.5 Å². The van der Waals surface area contributed by atoms with Crippen LogP contribution >= 0.6 is 0 Å². The summed E-state index contributed by atoms with van der Waals surface area (Å²) in [5.74, 6) is -1.37. The van der Waals surface area contributed by atoms with Crippen molar-refractivity contribution in [2.24, 2.45) is 5.92 Å². The maximum Gasteiger partial charge on any atom is 0.405 e. The molecule has 2 aromatic carbocycles. The summed E-state index contributed by atoms with van der Waals surface area (Å²) in [6.07, 6.45) is -1.30. The second-order valence-electron chi connectivity index (χ2n) is 14.4. The highest BCUT2D eigenvalue weighted by atomic mass is 19.4. The van der Waals surface area contributed by atoms with Gasteiger partial charge >= 0.3 is 6.18 Å². The summed E-state index contributed by atoms with van der Waals surface area (Å²) in [7, 11) is 0. The van der Waals surface area contributed by atoms with Gasteiger partial charge in [-0.2, -0.15) is 18.3 Å². The van der Waals surface area contributed by atoms with Gasteiger partial charge in [0, 0.05) is 50.1 Å². The molecule has 54 heavy (non-hydrogen) atoms. The third kappa shape index (κ3) is 9.45. The van der Waals surface area contributed by atoms with Crippen LogP contribution in [0.25, 0.3) is 5.69 Å². The fraction of sp³-hybridized carbons (Fsp3) is 0.436. The maximum atomic E-state index is 14.0. The number of rotatable bonds is 13. The number of aliphatic hydroxyl groups excluding tert-OH is 2. The molecule has 2 aliphatic heterocycles. The number of halogens is 3. The molecule has 0 radical (unpaired) electrons. The van der Waals surface area contributed by atoms with Crippen LogP contribution in [0.1, 0.15) is 43.1 Å². The number of hydrogen-bond acceptors (Lipinski definition) is 9. The van der Waals surface area contributed by atoms with Crippen LogP contribution < -0.4 is 15.4 Å². The summed E-state index contributed by atoms with van der Waals surface area (Å²) in [6, 6.07) is 20.2. The predicted molar refractivity (Wildman–Crippen MR) is 193 cm³/mol. The Kier molecular flexibility index (Phi) is 12.0. The zero-order valence-corrected chi connectivity index (χ0v) is 30.2. The molecule has 6 rings (SSSR count). The van der Waals surface area contributed by atoms with E-state index in [0.29, 0.717) is 23.6 Å². The van der Waals surface area contributed by atoms with Crippen LogP contribution in [0, 0.1) is 5.92 Å². The number of hydrogen-bond donors (Lipinski definition) is 4. The Hall–Kier alpha value is -4.83. The highest BCUT2D eigenvalue weighted by Gasteiger charge is 2.42. The van der Waals surface area contributed by atoms with E-state index in [4.69, 9.17) is 9.84 Å². The lowest BCUT2D eigenvalue weighted by Crippen LogP contribution is -2.63. The zero-order valence-electron chi connectivity index (χ0n) is 30.2. The summed E-state index contributed by atoms with van der Waals surface area (Å²) < 4.78 is 47.0. The average Bonchev–Trinajstić information content (AvgIpc) is 3.67. The van der Waals surface area contributed by atoms with Gasteiger partial charge in [0.2, 0.25) is 11.8 Å². The molecule has 288 valence electrons. The Morgan fingerprint density at radius 1 is 1.02 bits per heavy atom. The number of nitrogens with one attached hydrogen (secondary N) is 2. The number of alkyl halides is 3. The van der Waals surface area contributed by atoms with Crippen molar-refractivity contribution in [3.63, 3.8) is 0 Å². The first kappa shape index (κ1) is 38.9. The van der Waals surface area contributed by atoms with Crippen LogP contribution in [-0.4, -0.2) is 110 Å². The van der Waals surface area contributed by atoms with Gasteiger partial charge in [0.1, 0.15) is 31.0 Å². The normalized spacial score (nSPS) is 20.7. The topological polar surface area (TPSA) is 145 Å². The number of ether oxygens (including phenoxy) is 1. The van der Waals surface area contributed by atoms with Gasteiger partial charge in [-0.3, -0.25) is 24.4 Å². The smallest absolute Gasteiger partial charge is 0.405 e. The Bertz CT molecular complexity index is 1860. The SMILES string of the molecule is CC(C)(c1ccn(-c2cccnc2)n1)N1CCN(C[C@@H](O)CC(Cc2ccccc2)C(=O)N[C@H]2c3ccccc3OC[C@H]2O)[C@H](C(=O)NCC(F)(F)F)C1. The lowest BCUT2D eigenvalue weighted by atomic mass is 9.90. The minimum Gasteiger partial charge on any atom is -0.490 e. The van der Waals surface area contributed by atoms with E-state index in [0.717, 1.165) is 11.3 Å². The van der Waals surface area contributed by atoms with Gasteiger partial charge in [-0.25, -0.2) is 4.68 Å². The Morgan fingerprint density at radius 2 is 1.78 bits per heavy atom. The number of piperazine rings is 1. The second-order valence-corrected chi connectivity index (χ2v) is 14.4. The number of nitrogens with zero attached hydrogens (tertiary/aromatic N) is 5. The molecular formula is C39H46F3N7O5. The molecule has 0 saturated carbocycles. The minimum atomic E-state index is -4.61. The second kappa shape index (κ2) is 16.7. The van der Waals surface area contributed by atoms with Crippen molar-refractivity contribution in [1.82, 2.24) is 35.2 Å². The molecule has 15 heteroatoms. The summed E-state index contributed by atoms with van der Waals surface area (Å²) >= 11 is 0. The molecule has 2 aromatic heterocycles. The number of fused-ring (bicyclic) bond motifs is 1. The van der Waals surface area contributed by atoms with Gasteiger partial charge in [-0.05, 0) is 56.5 Å². The average molecular weight is 750 g/mol. The van der Waals surface area contributed by atoms with Gasteiger partial charge in [0.15, 0.2) is 0 Å². The van der Waals surface area contributed by atoms with E-state index in [1.165, 1.54) is 0 Å². The number of aliphatic hydroxyl groups is 2. The quantitative estimate of drug-likeness (QED) is 0.162. The first-order valence-electron chi connectivity index (χ1n) is 18.0. The van der Waals surface area contributed by atoms with Gasteiger partial charge in [-0.1, -0.05) is 48.5 Å². The minimum absolute atomic E-state index is 0.000901. The maximum absolute atomic E-state index is 14.0. The molecule has 5 atom stereocenters. The fourth-order valence-electron chi connectivity index (χ4n) is 7.19. The van der Waals surface area contributed by atoms with E-state index in [-0.39, 0.29) is 45.0 Å². The molecule has 0 bridgehead atoms. The molecule has 4 aromatic rings. The van der Waals surface area contributed by atoms with E-state index in [1.54, 1.807) is 58.5 Å². The zero-order chi connectivity index (χ0) is 38.5. The molecule has 2 amide bonds. The van der Waals surface area contributed by atoms with Crippen LogP contribution in [0.15, 0.2) is 91.4 Å². The van der Waals surface area contributed by atoms with Crippen LogP contribution in [0.3, 0.4) is 0 Å². The number of carbonyl (C=O) groups is 2. The largest absolute Gasteiger partial charge is 0.490 e. The van der Waals surface area contributed by atoms with Gasteiger partial charge in [-0.15, -0.1) is 0 Å². The molecular weight excluding hydrogens is 703 g/mol. The molecule has 1 saturated heterocycles. The van der Waals surface area contributed by atoms with E-state index in [2.05, 4.69) is 10.3 Å². The summed E-state index contributed by atoms with van der Waals surface area (Å²) in [4.78, 5) is 35.3. The molecule has 0 aliphatic carbocycles. The van der Waals surface area contributed by atoms with Crippen molar-refractivity contribution in [1.29, 1.82) is 0 Å².